The van der Waals surface area contributed by atoms with Gasteiger partial charge in [0.05, 0.1) is 18.4 Å². The van der Waals surface area contributed by atoms with Gasteiger partial charge in [-0.15, -0.1) is 0 Å². The van der Waals surface area contributed by atoms with Gasteiger partial charge in [-0.05, 0) is 37.0 Å². The number of hydrogen-bond acceptors (Lipinski definition) is 5. The van der Waals surface area contributed by atoms with Gasteiger partial charge in [0.25, 0.3) is 0 Å². The Kier molecular flexibility index (Phi) is 4.39. The smallest absolute Gasteiger partial charge is 0.310 e. The number of ether oxygens (including phenoxy) is 2. The molecule has 136 valence electrons. The maximum Gasteiger partial charge on any atom is 0.310 e. The topological polar surface area (TPSA) is 69.7 Å². The molecule has 0 unspecified atom stereocenters. The summed E-state index contributed by atoms with van der Waals surface area (Å²) in [7, 11) is 0. The van der Waals surface area contributed by atoms with Gasteiger partial charge in [-0.3, -0.25) is 14.4 Å². The van der Waals surface area contributed by atoms with Gasteiger partial charge >= 0.3 is 11.9 Å². The first kappa shape index (κ1) is 17.0. The Balaban J connectivity index is 1.47. The Bertz CT molecular complexity index is 753. The van der Waals surface area contributed by atoms with Crippen molar-refractivity contribution in [2.45, 2.75) is 13.3 Å². The van der Waals surface area contributed by atoms with Crippen LogP contribution in [0, 0.1) is 35.5 Å². The fourth-order valence-electron chi connectivity index (χ4n) is 4.70. The van der Waals surface area contributed by atoms with Crippen LogP contribution in [0.5, 0.6) is 0 Å². The second-order valence-corrected chi connectivity index (χ2v) is 7.30. The van der Waals surface area contributed by atoms with Crippen LogP contribution in [-0.2, 0) is 19.1 Å². The van der Waals surface area contributed by atoms with Crippen molar-refractivity contribution < 1.29 is 23.9 Å². The molecule has 26 heavy (non-hydrogen) atoms. The van der Waals surface area contributed by atoms with Crippen LogP contribution in [0.3, 0.4) is 0 Å². The second-order valence-electron chi connectivity index (χ2n) is 7.30. The lowest BCUT2D eigenvalue weighted by Gasteiger charge is -2.41. The molecule has 0 spiro atoms. The van der Waals surface area contributed by atoms with Crippen molar-refractivity contribution in [3.63, 3.8) is 0 Å². The first-order valence-electron chi connectivity index (χ1n) is 9.21. The summed E-state index contributed by atoms with van der Waals surface area (Å²) in [6, 6.07) is 8.74. The third kappa shape index (κ3) is 2.85. The molecular weight excluding hydrogens is 332 g/mol. The van der Waals surface area contributed by atoms with Crippen LogP contribution in [0.2, 0.25) is 0 Å². The average Bonchev–Trinajstić information content (AvgIpc) is 3.48. The van der Waals surface area contributed by atoms with E-state index in [0.717, 1.165) is 6.42 Å². The van der Waals surface area contributed by atoms with Crippen LogP contribution in [-0.4, -0.2) is 30.9 Å². The summed E-state index contributed by atoms with van der Waals surface area (Å²) in [5, 5.41) is 0. The standard InChI is InChI=1S/C21H22O5/c1-2-25-20(23)18-13-8-9-14(16-10-15(13)16)19(18)21(24)26-11-17(22)12-6-4-3-5-7-12/h3-9,13-16,18-19H,2,10-11H2,1H3/t13-,14+,15+,16+,18-,19-/m0/s1. The number of hydrogen-bond donors (Lipinski definition) is 0. The Morgan fingerprint density at radius 3 is 2.08 bits per heavy atom. The lowest BCUT2D eigenvalue weighted by atomic mass is 9.62. The summed E-state index contributed by atoms with van der Waals surface area (Å²) >= 11 is 0. The minimum atomic E-state index is -0.545. The molecule has 4 aliphatic rings. The van der Waals surface area contributed by atoms with E-state index in [1.54, 1.807) is 31.2 Å². The molecule has 0 radical (unpaired) electrons. The van der Waals surface area contributed by atoms with Gasteiger partial charge in [-0.1, -0.05) is 42.5 Å². The number of Topliss-reactive ketones (excluding diaryl/α,β-unsaturated/α-hetero) is 1. The van der Waals surface area contributed by atoms with E-state index in [1.165, 1.54) is 0 Å². The molecule has 0 heterocycles. The van der Waals surface area contributed by atoms with Gasteiger partial charge < -0.3 is 9.47 Å². The van der Waals surface area contributed by atoms with Crippen LogP contribution < -0.4 is 0 Å². The lowest BCUT2D eigenvalue weighted by Crippen LogP contribution is -2.48. The first-order valence-corrected chi connectivity index (χ1v) is 9.21. The van der Waals surface area contributed by atoms with E-state index < -0.39 is 17.8 Å². The highest BCUT2D eigenvalue weighted by molar-refractivity contribution is 5.98. The number of rotatable bonds is 6. The van der Waals surface area contributed by atoms with E-state index >= 15 is 0 Å². The Labute approximate surface area is 152 Å². The van der Waals surface area contributed by atoms with E-state index in [4.69, 9.17) is 9.47 Å². The number of ketones is 1. The summed E-state index contributed by atoms with van der Waals surface area (Å²) in [6.45, 7) is 1.75. The summed E-state index contributed by atoms with van der Waals surface area (Å²) in [5.41, 5.74) is 0.509. The predicted octanol–water partition coefficient (Wildman–Crippen LogP) is 2.66. The largest absolute Gasteiger partial charge is 0.466 e. The molecular formula is C21H22O5. The summed E-state index contributed by atoms with van der Waals surface area (Å²) in [5.74, 6) is -1.07. The normalized spacial score (nSPS) is 33.3. The zero-order valence-electron chi connectivity index (χ0n) is 14.7. The number of benzene rings is 1. The van der Waals surface area contributed by atoms with Gasteiger partial charge in [0, 0.05) is 5.56 Å². The third-order valence-corrected chi connectivity index (χ3v) is 5.92. The molecule has 5 rings (SSSR count). The van der Waals surface area contributed by atoms with Crippen molar-refractivity contribution in [1.82, 2.24) is 0 Å². The summed E-state index contributed by atoms with van der Waals surface area (Å²) < 4.78 is 10.6. The van der Waals surface area contributed by atoms with Crippen molar-refractivity contribution in [2.75, 3.05) is 13.2 Å². The Morgan fingerprint density at radius 2 is 1.50 bits per heavy atom. The van der Waals surface area contributed by atoms with Crippen LogP contribution in [0.15, 0.2) is 42.5 Å². The van der Waals surface area contributed by atoms with E-state index in [-0.39, 0.29) is 30.2 Å². The fourth-order valence-corrected chi connectivity index (χ4v) is 4.70. The van der Waals surface area contributed by atoms with Crippen molar-refractivity contribution in [3.05, 3.63) is 48.0 Å². The molecule has 1 aromatic carbocycles. The molecule has 5 nitrogen and oxygen atoms in total. The molecule has 5 heteroatoms. The van der Waals surface area contributed by atoms with Crippen LogP contribution in [0.4, 0.5) is 0 Å². The fraction of sp³-hybridized carbons (Fsp3) is 0.476. The predicted molar refractivity (Wildman–Crippen MR) is 93.1 cm³/mol. The van der Waals surface area contributed by atoms with E-state index in [2.05, 4.69) is 12.2 Å². The minimum Gasteiger partial charge on any atom is -0.466 e. The number of allylic oxidation sites excluding steroid dienone is 2. The van der Waals surface area contributed by atoms with E-state index in [0.29, 0.717) is 24.0 Å². The van der Waals surface area contributed by atoms with Crippen molar-refractivity contribution in [1.29, 1.82) is 0 Å². The molecule has 2 bridgehead atoms. The molecule has 4 aliphatic carbocycles. The van der Waals surface area contributed by atoms with Crippen molar-refractivity contribution >= 4 is 17.7 Å². The zero-order chi connectivity index (χ0) is 18.3. The maximum absolute atomic E-state index is 12.8. The van der Waals surface area contributed by atoms with Crippen LogP contribution >= 0.6 is 0 Å². The van der Waals surface area contributed by atoms with Crippen LogP contribution in [0.1, 0.15) is 23.7 Å². The third-order valence-electron chi connectivity index (χ3n) is 5.92. The SMILES string of the molecule is CCOC(=O)[C@H]1[C@H]2C=C[C@H]([C@H]3C[C@H]23)[C@@H]1C(=O)OCC(=O)c1ccccc1. The molecule has 2 fully saturated rings. The number of carbonyl (C=O) groups excluding carboxylic acids is 3. The van der Waals surface area contributed by atoms with Gasteiger partial charge in [-0.2, -0.15) is 0 Å². The molecule has 1 aromatic rings. The second kappa shape index (κ2) is 6.71. The molecule has 0 saturated heterocycles. The quantitative estimate of drug-likeness (QED) is 0.446. The Hall–Kier alpha value is -2.43. The van der Waals surface area contributed by atoms with Crippen molar-refractivity contribution in [3.8, 4) is 0 Å². The average molecular weight is 354 g/mol. The molecule has 6 atom stereocenters. The van der Waals surface area contributed by atoms with E-state index in [1.807, 2.05) is 6.07 Å². The van der Waals surface area contributed by atoms with Gasteiger partial charge in [0.2, 0.25) is 0 Å². The summed E-state index contributed by atoms with van der Waals surface area (Å²) in [6.07, 6.45) is 5.17. The van der Waals surface area contributed by atoms with Gasteiger partial charge in [0.15, 0.2) is 12.4 Å². The number of carbonyl (C=O) groups is 3. The van der Waals surface area contributed by atoms with Crippen LogP contribution in [0.25, 0.3) is 0 Å². The zero-order valence-corrected chi connectivity index (χ0v) is 14.7. The Morgan fingerprint density at radius 1 is 0.923 bits per heavy atom. The van der Waals surface area contributed by atoms with Crippen molar-refractivity contribution in [2.24, 2.45) is 35.5 Å². The van der Waals surface area contributed by atoms with Gasteiger partial charge in [0.1, 0.15) is 0 Å². The highest BCUT2D eigenvalue weighted by Gasteiger charge is 2.63. The van der Waals surface area contributed by atoms with E-state index in [9.17, 15) is 14.4 Å². The highest BCUT2D eigenvalue weighted by atomic mass is 16.5. The molecule has 0 aliphatic heterocycles. The number of esters is 2. The maximum atomic E-state index is 12.8. The highest BCUT2D eigenvalue weighted by Crippen LogP contribution is 2.63. The minimum absolute atomic E-state index is 0.0127. The molecule has 0 amide bonds. The summed E-state index contributed by atoms with van der Waals surface area (Å²) in [4.78, 5) is 37.5. The lowest BCUT2D eigenvalue weighted by molar-refractivity contribution is -0.167. The molecule has 2 saturated carbocycles. The molecule has 0 aromatic heterocycles. The molecule has 0 N–H and O–H groups in total. The monoisotopic (exact) mass is 354 g/mol. The first-order chi connectivity index (χ1) is 12.6. The number of fused-ring (bicyclic) bond motifs is 1. The van der Waals surface area contributed by atoms with Gasteiger partial charge in [-0.25, -0.2) is 0 Å².